The van der Waals surface area contributed by atoms with Gasteiger partial charge in [-0.3, -0.25) is 0 Å². The first kappa shape index (κ1) is 26.7. The number of hydrogen-bond donors (Lipinski definition) is 0. The first-order valence-electron chi connectivity index (χ1n) is 12.4. The third-order valence-electron chi connectivity index (χ3n) is 7.18. The molecule has 0 aliphatic carbocycles. The van der Waals surface area contributed by atoms with Gasteiger partial charge in [0.1, 0.15) is 5.60 Å². The summed E-state index contributed by atoms with van der Waals surface area (Å²) in [5.41, 5.74) is 2.46. The van der Waals surface area contributed by atoms with Gasteiger partial charge >= 0.3 is 6.09 Å². The molecule has 2 aliphatic rings. The fourth-order valence-electron chi connectivity index (χ4n) is 5.16. The third kappa shape index (κ3) is 6.49. The molecule has 0 radical (unpaired) electrons. The van der Waals surface area contributed by atoms with E-state index in [-0.39, 0.29) is 12.0 Å². The van der Waals surface area contributed by atoms with Crippen molar-refractivity contribution in [1.29, 1.82) is 0 Å². The number of carbonyl (C=O) groups excluding carboxylic acids is 1. The summed E-state index contributed by atoms with van der Waals surface area (Å²) in [5, 5.41) is 1.09. The molecule has 1 amide bonds. The molecule has 0 N–H and O–H groups in total. The highest BCUT2D eigenvalue weighted by Gasteiger charge is 2.41. The maximum Gasteiger partial charge on any atom is 0.410 e. The molecule has 1 spiro atoms. The van der Waals surface area contributed by atoms with Crippen LogP contribution in [0.25, 0.3) is 0 Å². The van der Waals surface area contributed by atoms with Gasteiger partial charge < -0.3 is 14.5 Å². The lowest BCUT2D eigenvalue weighted by Crippen LogP contribution is -2.43. The van der Waals surface area contributed by atoms with Crippen LogP contribution in [0.4, 0.5) is 4.79 Å². The summed E-state index contributed by atoms with van der Waals surface area (Å²) in [6.45, 7) is 9.42. The van der Waals surface area contributed by atoms with E-state index in [1.54, 1.807) is 17.5 Å². The van der Waals surface area contributed by atoms with E-state index >= 15 is 0 Å². The summed E-state index contributed by atoms with van der Waals surface area (Å²) >= 11 is 14.6. The molecule has 0 saturated carbocycles. The first-order chi connectivity index (χ1) is 16.6. The summed E-state index contributed by atoms with van der Waals surface area (Å²) < 4.78 is 5.58. The van der Waals surface area contributed by atoms with Crippen LogP contribution in [-0.2, 0) is 10.2 Å². The van der Waals surface area contributed by atoms with E-state index in [4.69, 9.17) is 27.9 Å². The highest BCUT2D eigenvalue weighted by Crippen LogP contribution is 2.49. The van der Waals surface area contributed by atoms with Gasteiger partial charge in [-0.05, 0) is 89.0 Å². The van der Waals surface area contributed by atoms with Crippen LogP contribution in [0.2, 0.25) is 10.0 Å². The van der Waals surface area contributed by atoms with Crippen molar-refractivity contribution in [3.8, 4) is 0 Å². The van der Waals surface area contributed by atoms with E-state index in [1.165, 1.54) is 23.5 Å². The second-order valence-corrected chi connectivity index (χ2v) is 12.8. The SMILES string of the molecule is CN(CC(CCN1CCC2(CC1)CSc1ccccc12)c1ccc(Cl)c(Cl)c1)C(=O)OC(C)(C)C. The number of carbonyl (C=O) groups is 1. The van der Waals surface area contributed by atoms with E-state index < -0.39 is 5.60 Å². The maximum atomic E-state index is 12.6. The number of hydrogen-bond acceptors (Lipinski definition) is 4. The topological polar surface area (TPSA) is 32.8 Å². The van der Waals surface area contributed by atoms with Crippen LogP contribution >= 0.6 is 35.0 Å². The van der Waals surface area contributed by atoms with Gasteiger partial charge in [-0.2, -0.15) is 0 Å². The normalized spacial score (nSPS) is 18.3. The first-order valence-corrected chi connectivity index (χ1v) is 14.1. The number of halogens is 2. The maximum absolute atomic E-state index is 12.6. The Balaban J connectivity index is 1.40. The fourth-order valence-corrected chi connectivity index (χ4v) is 6.95. The van der Waals surface area contributed by atoms with E-state index in [0.29, 0.717) is 22.0 Å². The standard InChI is InChI=1S/C28H36Cl2N2O2S/c1-27(2,3)34-26(33)31(4)18-21(20-9-10-23(29)24(30)17-20)11-14-32-15-12-28(13-16-32)19-35-25-8-6-5-7-22(25)28/h5-10,17,21H,11-16,18-19H2,1-4H3. The van der Waals surface area contributed by atoms with Crippen molar-refractivity contribution in [3.63, 3.8) is 0 Å². The summed E-state index contributed by atoms with van der Waals surface area (Å²) in [4.78, 5) is 18.4. The second-order valence-electron chi connectivity index (χ2n) is 10.9. The highest BCUT2D eigenvalue weighted by atomic mass is 35.5. The number of nitrogens with zero attached hydrogens (tertiary/aromatic N) is 2. The molecule has 35 heavy (non-hydrogen) atoms. The average Bonchev–Trinajstić information content (AvgIpc) is 3.16. The molecule has 4 nitrogen and oxygen atoms in total. The summed E-state index contributed by atoms with van der Waals surface area (Å²) in [5.74, 6) is 1.34. The largest absolute Gasteiger partial charge is 0.444 e. The molecule has 7 heteroatoms. The predicted octanol–water partition coefficient (Wildman–Crippen LogP) is 7.47. The number of ether oxygens (including phenoxy) is 1. The number of benzene rings is 2. The Morgan fingerprint density at radius 2 is 1.86 bits per heavy atom. The Bertz CT molecular complexity index is 1050. The van der Waals surface area contributed by atoms with Crippen molar-refractivity contribution in [2.45, 2.75) is 61.9 Å². The molecule has 1 atom stereocenters. The molecule has 2 aliphatic heterocycles. The minimum Gasteiger partial charge on any atom is -0.444 e. The Kier molecular flexibility index (Phi) is 8.32. The van der Waals surface area contributed by atoms with Crippen molar-refractivity contribution < 1.29 is 9.53 Å². The van der Waals surface area contributed by atoms with E-state index in [1.807, 2.05) is 50.7 Å². The van der Waals surface area contributed by atoms with Gasteiger partial charge in [0.2, 0.25) is 0 Å². The molecule has 190 valence electrons. The number of piperidine rings is 1. The Morgan fingerprint density at radius 3 is 2.54 bits per heavy atom. The molecule has 2 aromatic rings. The molecule has 2 heterocycles. The van der Waals surface area contributed by atoms with Crippen LogP contribution in [-0.4, -0.2) is 60.5 Å². The van der Waals surface area contributed by atoms with Crippen molar-refractivity contribution >= 4 is 41.1 Å². The molecule has 4 rings (SSSR count). The van der Waals surface area contributed by atoms with Crippen molar-refractivity contribution in [2.24, 2.45) is 0 Å². The zero-order valence-electron chi connectivity index (χ0n) is 21.2. The number of thioether (sulfide) groups is 1. The lowest BCUT2D eigenvalue weighted by Gasteiger charge is -2.40. The van der Waals surface area contributed by atoms with Gasteiger partial charge in [-0.1, -0.05) is 47.5 Å². The van der Waals surface area contributed by atoms with Crippen LogP contribution < -0.4 is 0 Å². The molecule has 1 saturated heterocycles. The van der Waals surface area contributed by atoms with Gasteiger partial charge in [-0.15, -0.1) is 11.8 Å². The Hall–Kier alpha value is -1.40. The predicted molar refractivity (Wildman–Crippen MR) is 147 cm³/mol. The number of amides is 1. The fraction of sp³-hybridized carbons (Fsp3) is 0.536. The second kappa shape index (κ2) is 10.9. The Morgan fingerprint density at radius 1 is 1.14 bits per heavy atom. The number of likely N-dealkylation sites (tertiary alicyclic amines) is 1. The van der Waals surface area contributed by atoms with Crippen molar-refractivity contribution in [3.05, 3.63) is 63.6 Å². The zero-order chi connectivity index (χ0) is 25.2. The smallest absolute Gasteiger partial charge is 0.410 e. The van der Waals surface area contributed by atoms with Crippen LogP contribution in [0, 0.1) is 0 Å². The number of likely N-dealkylation sites (N-methyl/N-ethyl adjacent to an activating group) is 1. The van der Waals surface area contributed by atoms with Crippen LogP contribution in [0.5, 0.6) is 0 Å². The molecular weight excluding hydrogens is 499 g/mol. The molecule has 0 aromatic heterocycles. The monoisotopic (exact) mass is 534 g/mol. The molecule has 1 fully saturated rings. The average molecular weight is 536 g/mol. The minimum absolute atomic E-state index is 0.140. The molecule has 1 unspecified atom stereocenters. The van der Waals surface area contributed by atoms with Gasteiger partial charge in [0.05, 0.1) is 10.0 Å². The minimum atomic E-state index is -0.522. The number of fused-ring (bicyclic) bond motifs is 2. The summed E-state index contributed by atoms with van der Waals surface area (Å²) in [6.07, 6.45) is 3.03. The van der Waals surface area contributed by atoms with Gasteiger partial charge in [0, 0.05) is 35.6 Å². The highest BCUT2D eigenvalue weighted by molar-refractivity contribution is 7.99. The van der Waals surface area contributed by atoms with E-state index in [0.717, 1.165) is 31.6 Å². The summed E-state index contributed by atoms with van der Waals surface area (Å²) in [7, 11) is 1.80. The Labute approximate surface area is 224 Å². The molecule has 2 aromatic carbocycles. The van der Waals surface area contributed by atoms with Crippen molar-refractivity contribution in [2.75, 3.05) is 39.0 Å². The lowest BCUT2D eigenvalue weighted by molar-refractivity contribution is 0.0284. The van der Waals surface area contributed by atoms with Crippen molar-refractivity contribution in [1.82, 2.24) is 9.80 Å². The quantitative estimate of drug-likeness (QED) is 0.384. The zero-order valence-corrected chi connectivity index (χ0v) is 23.5. The van der Waals surface area contributed by atoms with Gasteiger partial charge in [0.25, 0.3) is 0 Å². The summed E-state index contributed by atoms with van der Waals surface area (Å²) in [6, 6.07) is 14.7. The van der Waals surface area contributed by atoms with E-state index in [9.17, 15) is 4.79 Å². The van der Waals surface area contributed by atoms with Crippen LogP contribution in [0.1, 0.15) is 57.1 Å². The lowest BCUT2D eigenvalue weighted by atomic mass is 9.74. The van der Waals surface area contributed by atoms with Gasteiger partial charge in [0.15, 0.2) is 0 Å². The van der Waals surface area contributed by atoms with E-state index in [2.05, 4.69) is 29.2 Å². The van der Waals surface area contributed by atoms with Gasteiger partial charge in [-0.25, -0.2) is 4.79 Å². The van der Waals surface area contributed by atoms with Crippen LogP contribution in [0.3, 0.4) is 0 Å². The molecule has 0 bridgehead atoms. The third-order valence-corrected chi connectivity index (χ3v) is 9.29. The van der Waals surface area contributed by atoms with Crippen LogP contribution in [0.15, 0.2) is 47.4 Å². The number of rotatable bonds is 6. The molecular formula is C28H36Cl2N2O2S.